The number of carbonyl (C=O) groups excluding carboxylic acids is 1. The van der Waals surface area contributed by atoms with Gasteiger partial charge in [0.2, 0.25) is 5.88 Å². The first-order valence-corrected chi connectivity index (χ1v) is 7.75. The molecule has 0 N–H and O–H groups in total. The predicted molar refractivity (Wildman–Crippen MR) is 67.8 cm³/mol. The summed E-state index contributed by atoms with van der Waals surface area (Å²) in [7, 11) is -1.47. The Kier molecular flexibility index (Phi) is 2.74. The van der Waals surface area contributed by atoms with Crippen molar-refractivity contribution in [3.8, 4) is 5.88 Å². The first-order valence-electron chi connectivity index (χ1n) is 6.04. The molecule has 3 heterocycles. The maximum absolute atomic E-state index is 12.3. The topological polar surface area (TPSA) is 76.6 Å². The van der Waals surface area contributed by atoms with E-state index < -0.39 is 9.84 Å². The number of sulfone groups is 1. The van der Waals surface area contributed by atoms with Crippen molar-refractivity contribution in [1.82, 2.24) is 9.88 Å². The molecule has 2 unspecified atom stereocenters. The second-order valence-corrected chi connectivity index (χ2v) is 7.21. The molecule has 2 aliphatic heterocycles. The Morgan fingerprint density at radius 3 is 2.74 bits per heavy atom. The van der Waals surface area contributed by atoms with Gasteiger partial charge in [0.1, 0.15) is 0 Å². The van der Waals surface area contributed by atoms with Gasteiger partial charge in [-0.3, -0.25) is 4.79 Å². The first kappa shape index (κ1) is 12.4. The van der Waals surface area contributed by atoms with Crippen molar-refractivity contribution in [1.29, 1.82) is 0 Å². The zero-order chi connectivity index (χ0) is 13.6. The Morgan fingerprint density at radius 1 is 1.47 bits per heavy atom. The normalized spacial score (nSPS) is 27.5. The number of amides is 1. The molecule has 0 spiro atoms. The summed E-state index contributed by atoms with van der Waals surface area (Å²) in [4.78, 5) is 17.9. The molecule has 2 fully saturated rings. The van der Waals surface area contributed by atoms with Gasteiger partial charge in [-0.1, -0.05) is 0 Å². The lowest BCUT2D eigenvalue weighted by molar-refractivity contribution is 0.0745. The molecule has 19 heavy (non-hydrogen) atoms. The Morgan fingerprint density at radius 2 is 2.26 bits per heavy atom. The van der Waals surface area contributed by atoms with Crippen molar-refractivity contribution < 1.29 is 17.9 Å². The van der Waals surface area contributed by atoms with E-state index in [0.717, 1.165) is 0 Å². The van der Waals surface area contributed by atoms with Crippen LogP contribution in [0.2, 0.25) is 0 Å². The van der Waals surface area contributed by atoms with Crippen LogP contribution in [0.1, 0.15) is 16.8 Å². The minimum absolute atomic E-state index is 0.0903. The van der Waals surface area contributed by atoms with E-state index in [2.05, 4.69) is 4.98 Å². The number of ether oxygens (including phenoxy) is 1. The smallest absolute Gasteiger partial charge is 0.255 e. The molecule has 2 bridgehead atoms. The van der Waals surface area contributed by atoms with E-state index >= 15 is 0 Å². The monoisotopic (exact) mass is 282 g/mol. The van der Waals surface area contributed by atoms with E-state index in [0.29, 0.717) is 24.4 Å². The molecule has 3 rings (SSSR count). The molecule has 2 saturated heterocycles. The van der Waals surface area contributed by atoms with Gasteiger partial charge in [-0.15, -0.1) is 0 Å². The van der Waals surface area contributed by atoms with Crippen molar-refractivity contribution in [2.75, 3.05) is 19.4 Å². The summed E-state index contributed by atoms with van der Waals surface area (Å²) < 4.78 is 28.2. The summed E-state index contributed by atoms with van der Waals surface area (Å²) in [6.45, 7) is 0.303. The molecule has 6 nitrogen and oxygen atoms in total. The highest BCUT2D eigenvalue weighted by Gasteiger charge is 2.50. The molecule has 0 aliphatic carbocycles. The van der Waals surface area contributed by atoms with Gasteiger partial charge in [0, 0.05) is 24.8 Å². The van der Waals surface area contributed by atoms with E-state index in [1.165, 1.54) is 13.3 Å². The molecule has 7 heteroatoms. The molecule has 2 atom stereocenters. The SMILES string of the molecule is COc1ccc(C(=O)N2CC3CC2CS3(=O)=O)cn1. The van der Waals surface area contributed by atoms with Crippen molar-refractivity contribution in [3.05, 3.63) is 23.9 Å². The van der Waals surface area contributed by atoms with Crippen LogP contribution in [0.5, 0.6) is 5.88 Å². The van der Waals surface area contributed by atoms with Gasteiger partial charge in [-0.05, 0) is 12.5 Å². The molecule has 1 amide bonds. The predicted octanol–water partition coefficient (Wildman–Crippen LogP) is 0.102. The fourth-order valence-electron chi connectivity index (χ4n) is 2.74. The van der Waals surface area contributed by atoms with Gasteiger partial charge in [0.15, 0.2) is 9.84 Å². The fourth-order valence-corrected chi connectivity index (χ4v) is 4.77. The molecule has 102 valence electrons. The second kappa shape index (κ2) is 4.19. The lowest BCUT2D eigenvalue weighted by Crippen LogP contribution is -2.44. The number of fused-ring (bicyclic) bond motifs is 2. The Balaban J connectivity index is 1.79. The van der Waals surface area contributed by atoms with Gasteiger partial charge in [-0.25, -0.2) is 13.4 Å². The highest BCUT2D eigenvalue weighted by atomic mass is 32.2. The van der Waals surface area contributed by atoms with Crippen LogP contribution in [-0.2, 0) is 9.84 Å². The van der Waals surface area contributed by atoms with E-state index in [4.69, 9.17) is 4.74 Å². The lowest BCUT2D eigenvalue weighted by Gasteiger charge is -2.26. The van der Waals surface area contributed by atoms with Crippen LogP contribution in [0.3, 0.4) is 0 Å². The number of nitrogens with zero attached hydrogens (tertiary/aromatic N) is 2. The van der Waals surface area contributed by atoms with Crippen LogP contribution in [-0.4, -0.2) is 54.9 Å². The van der Waals surface area contributed by atoms with Crippen LogP contribution in [0.15, 0.2) is 18.3 Å². The third-order valence-electron chi connectivity index (χ3n) is 3.76. The number of rotatable bonds is 2. The summed E-state index contributed by atoms with van der Waals surface area (Å²) in [6, 6.07) is 3.09. The molecule has 1 aromatic rings. The highest BCUT2D eigenvalue weighted by molar-refractivity contribution is 7.92. The Labute approximate surface area is 111 Å². The van der Waals surface area contributed by atoms with Crippen molar-refractivity contribution in [2.45, 2.75) is 17.7 Å². The second-order valence-electron chi connectivity index (χ2n) is 4.89. The average Bonchev–Trinajstić information content (AvgIpc) is 2.93. The fraction of sp³-hybridized carbons (Fsp3) is 0.500. The van der Waals surface area contributed by atoms with Crippen LogP contribution >= 0.6 is 0 Å². The van der Waals surface area contributed by atoms with Crippen LogP contribution in [0.25, 0.3) is 0 Å². The summed E-state index contributed by atoms with van der Waals surface area (Å²) in [5.74, 6) is 0.382. The largest absolute Gasteiger partial charge is 0.481 e. The number of hydrogen-bond donors (Lipinski definition) is 0. The molecule has 2 aliphatic rings. The van der Waals surface area contributed by atoms with Gasteiger partial charge >= 0.3 is 0 Å². The summed E-state index contributed by atoms with van der Waals surface area (Å²) in [5.41, 5.74) is 0.464. The van der Waals surface area contributed by atoms with Crippen LogP contribution < -0.4 is 4.74 Å². The first-order chi connectivity index (χ1) is 9.01. The number of likely N-dealkylation sites (tertiary alicyclic amines) is 1. The Hall–Kier alpha value is -1.63. The third-order valence-corrected chi connectivity index (χ3v) is 5.97. The van der Waals surface area contributed by atoms with Crippen molar-refractivity contribution in [2.24, 2.45) is 0 Å². The lowest BCUT2D eigenvalue weighted by atomic mass is 10.2. The van der Waals surface area contributed by atoms with E-state index in [-0.39, 0.29) is 23.0 Å². The summed E-state index contributed by atoms with van der Waals surface area (Å²) in [5, 5.41) is -0.382. The number of methoxy groups -OCH3 is 1. The molecular weight excluding hydrogens is 268 g/mol. The highest BCUT2D eigenvalue weighted by Crippen LogP contribution is 2.33. The van der Waals surface area contributed by atoms with Crippen molar-refractivity contribution >= 4 is 15.7 Å². The van der Waals surface area contributed by atoms with Crippen molar-refractivity contribution in [3.63, 3.8) is 0 Å². The molecule has 0 radical (unpaired) electrons. The summed E-state index contributed by atoms with van der Waals surface area (Å²) in [6.07, 6.45) is 2.03. The van der Waals surface area contributed by atoms with Crippen LogP contribution in [0.4, 0.5) is 0 Å². The quantitative estimate of drug-likeness (QED) is 0.769. The number of pyridine rings is 1. The van der Waals surface area contributed by atoms with Gasteiger partial charge in [-0.2, -0.15) is 0 Å². The van der Waals surface area contributed by atoms with Gasteiger partial charge in [0.25, 0.3) is 5.91 Å². The maximum Gasteiger partial charge on any atom is 0.255 e. The molecule has 0 saturated carbocycles. The van der Waals surface area contributed by atoms with E-state index in [9.17, 15) is 13.2 Å². The maximum atomic E-state index is 12.3. The molecule has 0 aromatic carbocycles. The number of hydrogen-bond acceptors (Lipinski definition) is 5. The standard InChI is InChI=1S/C12H14N2O4S/c1-18-11-3-2-8(5-13-11)12(15)14-6-10-4-9(14)7-19(10,16)17/h2-3,5,9-10H,4,6-7H2,1H3. The van der Waals surface area contributed by atoms with Gasteiger partial charge < -0.3 is 9.64 Å². The summed E-state index contributed by atoms with van der Waals surface area (Å²) >= 11 is 0. The average molecular weight is 282 g/mol. The van der Waals surface area contributed by atoms with E-state index in [1.807, 2.05) is 0 Å². The minimum atomic E-state index is -2.98. The minimum Gasteiger partial charge on any atom is -0.481 e. The molecule has 1 aromatic heterocycles. The van der Waals surface area contributed by atoms with Gasteiger partial charge in [0.05, 0.1) is 23.7 Å². The number of aromatic nitrogens is 1. The number of carbonyl (C=O) groups is 1. The third kappa shape index (κ3) is 1.98. The molecular formula is C12H14N2O4S. The van der Waals surface area contributed by atoms with E-state index in [1.54, 1.807) is 17.0 Å². The Bertz CT molecular complexity index is 611. The zero-order valence-electron chi connectivity index (χ0n) is 10.4. The zero-order valence-corrected chi connectivity index (χ0v) is 11.3. The van der Waals surface area contributed by atoms with Crippen LogP contribution in [0, 0.1) is 0 Å².